The second kappa shape index (κ2) is 8.68. The lowest BCUT2D eigenvalue weighted by Crippen LogP contribution is -2.27. The van der Waals surface area contributed by atoms with Crippen molar-refractivity contribution in [3.63, 3.8) is 0 Å². The lowest BCUT2D eigenvalue weighted by molar-refractivity contribution is 0.409. The van der Waals surface area contributed by atoms with E-state index >= 15 is 0 Å². The van der Waals surface area contributed by atoms with Crippen LogP contribution in [0.15, 0.2) is 48.9 Å². The van der Waals surface area contributed by atoms with Gasteiger partial charge in [0.1, 0.15) is 0 Å². The fourth-order valence-electron chi connectivity index (χ4n) is 5.36. The minimum atomic E-state index is 0.773. The Morgan fingerprint density at radius 3 is 2.44 bits per heavy atom. The maximum atomic E-state index is 5.15. The molecular formula is C26H30N8. The molecule has 2 fully saturated rings. The lowest BCUT2D eigenvalue weighted by Gasteiger charge is -2.22. The van der Waals surface area contributed by atoms with Gasteiger partial charge in [0.25, 0.3) is 0 Å². The van der Waals surface area contributed by atoms with Gasteiger partial charge in [-0.25, -0.2) is 15.0 Å². The van der Waals surface area contributed by atoms with Crippen LogP contribution in [0.25, 0.3) is 33.4 Å². The van der Waals surface area contributed by atoms with Crippen LogP contribution in [0.5, 0.6) is 0 Å². The smallest absolute Gasteiger partial charge is 0.225 e. The molecular weight excluding hydrogens is 424 g/mol. The average molecular weight is 455 g/mol. The number of rotatable bonds is 4. The van der Waals surface area contributed by atoms with E-state index in [0.717, 1.165) is 83.1 Å². The molecule has 2 aliphatic heterocycles. The van der Waals surface area contributed by atoms with Crippen LogP contribution in [0.4, 0.5) is 11.6 Å². The summed E-state index contributed by atoms with van der Waals surface area (Å²) in [6.45, 7) is 4.30. The molecule has 0 amide bonds. The number of hydrogen-bond donors (Lipinski definition) is 2. The van der Waals surface area contributed by atoms with Crippen molar-refractivity contribution in [3.8, 4) is 22.4 Å². The number of nitrogens with one attached hydrogen (secondary N) is 2. The highest BCUT2D eigenvalue weighted by Gasteiger charge is 2.31. The van der Waals surface area contributed by atoms with Crippen molar-refractivity contribution in [3.05, 3.63) is 48.9 Å². The zero-order chi connectivity index (χ0) is 23.1. The van der Waals surface area contributed by atoms with E-state index in [-0.39, 0.29) is 0 Å². The van der Waals surface area contributed by atoms with E-state index < -0.39 is 0 Å². The Labute approximate surface area is 199 Å². The molecule has 4 aromatic rings. The molecule has 2 atom stereocenters. The van der Waals surface area contributed by atoms with Crippen molar-refractivity contribution in [1.29, 1.82) is 0 Å². The van der Waals surface area contributed by atoms with Crippen LogP contribution in [-0.2, 0) is 7.05 Å². The molecule has 2 unspecified atom stereocenters. The molecule has 8 heteroatoms. The summed E-state index contributed by atoms with van der Waals surface area (Å²) >= 11 is 0. The zero-order valence-corrected chi connectivity index (χ0v) is 19.7. The first kappa shape index (κ1) is 21.0. The van der Waals surface area contributed by atoms with Gasteiger partial charge in [-0.3, -0.25) is 4.68 Å². The number of pyridine rings is 1. The van der Waals surface area contributed by atoms with Gasteiger partial charge in [0, 0.05) is 67.3 Å². The van der Waals surface area contributed by atoms with E-state index in [2.05, 4.69) is 55.9 Å². The normalized spacial score (nSPS) is 20.4. The van der Waals surface area contributed by atoms with E-state index in [1.54, 1.807) is 4.68 Å². The van der Waals surface area contributed by atoms with Gasteiger partial charge in [-0.15, -0.1) is 0 Å². The van der Waals surface area contributed by atoms with Crippen LogP contribution < -0.4 is 15.5 Å². The summed E-state index contributed by atoms with van der Waals surface area (Å²) in [4.78, 5) is 17.0. The SMILES string of the molecule is CNc1ccc(-c2nc(N3CCC4CNCC4CC3)ncc2-c2cnc3c(cnn3C)c2)cc1. The Morgan fingerprint density at radius 1 is 0.941 bits per heavy atom. The van der Waals surface area contributed by atoms with Crippen molar-refractivity contribution < 1.29 is 0 Å². The van der Waals surface area contributed by atoms with E-state index in [9.17, 15) is 0 Å². The number of fused-ring (bicyclic) bond motifs is 2. The third-order valence-electron chi connectivity index (χ3n) is 7.41. The molecule has 0 saturated carbocycles. The van der Waals surface area contributed by atoms with Crippen molar-refractivity contribution in [2.24, 2.45) is 18.9 Å². The van der Waals surface area contributed by atoms with Crippen molar-refractivity contribution in [2.45, 2.75) is 12.8 Å². The Morgan fingerprint density at radius 2 is 1.71 bits per heavy atom. The number of benzene rings is 1. The monoisotopic (exact) mass is 454 g/mol. The van der Waals surface area contributed by atoms with Gasteiger partial charge in [0.2, 0.25) is 5.95 Å². The van der Waals surface area contributed by atoms with Gasteiger partial charge >= 0.3 is 0 Å². The van der Waals surface area contributed by atoms with Crippen molar-refractivity contribution in [2.75, 3.05) is 43.4 Å². The first-order valence-corrected chi connectivity index (χ1v) is 12.1. The second-order valence-corrected chi connectivity index (χ2v) is 9.41. The molecule has 8 nitrogen and oxygen atoms in total. The second-order valence-electron chi connectivity index (χ2n) is 9.41. The van der Waals surface area contributed by atoms with Gasteiger partial charge in [-0.1, -0.05) is 12.1 Å². The summed E-state index contributed by atoms with van der Waals surface area (Å²) in [5.41, 5.74) is 5.92. The number of nitrogens with zero attached hydrogens (tertiary/aromatic N) is 6. The molecule has 5 heterocycles. The summed E-state index contributed by atoms with van der Waals surface area (Å²) in [5.74, 6) is 2.37. The molecule has 0 aliphatic carbocycles. The van der Waals surface area contributed by atoms with Gasteiger partial charge in [0.05, 0.1) is 11.9 Å². The third kappa shape index (κ3) is 3.77. The van der Waals surface area contributed by atoms with Gasteiger partial charge in [-0.05, 0) is 56.0 Å². The van der Waals surface area contributed by atoms with Crippen molar-refractivity contribution >= 4 is 22.7 Å². The molecule has 6 rings (SSSR count). The predicted octanol–water partition coefficient (Wildman–Crippen LogP) is 3.57. The van der Waals surface area contributed by atoms with E-state index in [0.29, 0.717) is 0 Å². The lowest BCUT2D eigenvalue weighted by atomic mass is 9.92. The van der Waals surface area contributed by atoms with Crippen LogP contribution in [-0.4, -0.2) is 58.0 Å². The van der Waals surface area contributed by atoms with Crippen LogP contribution in [0.2, 0.25) is 0 Å². The standard InChI is InChI=1S/C26H30N8/c1-27-22-5-3-17(4-6-22)24-23(20-11-21-15-31-33(2)25(21)29-14-20)16-30-26(32-24)34-9-7-18-12-28-13-19(18)8-10-34/h3-6,11,14-16,18-19,27-28H,7-10,12-13H2,1-2H3. The largest absolute Gasteiger partial charge is 0.388 e. The first-order valence-electron chi connectivity index (χ1n) is 12.1. The first-order chi connectivity index (χ1) is 16.7. The number of anilines is 2. The third-order valence-corrected chi connectivity index (χ3v) is 7.41. The molecule has 1 aromatic carbocycles. The predicted molar refractivity (Wildman–Crippen MR) is 136 cm³/mol. The van der Waals surface area contributed by atoms with Gasteiger partial charge in [-0.2, -0.15) is 5.10 Å². The summed E-state index contributed by atoms with van der Waals surface area (Å²) in [7, 11) is 3.84. The molecule has 0 bridgehead atoms. The van der Waals surface area contributed by atoms with Crippen LogP contribution in [0, 0.1) is 11.8 Å². The molecule has 3 aromatic heterocycles. The molecule has 34 heavy (non-hydrogen) atoms. The van der Waals surface area contributed by atoms with E-state index in [4.69, 9.17) is 9.97 Å². The Hall–Kier alpha value is -3.52. The fourth-order valence-corrected chi connectivity index (χ4v) is 5.36. The zero-order valence-electron chi connectivity index (χ0n) is 19.7. The van der Waals surface area contributed by atoms with Crippen molar-refractivity contribution in [1.82, 2.24) is 30.0 Å². The van der Waals surface area contributed by atoms with Gasteiger partial charge in [0.15, 0.2) is 5.65 Å². The maximum Gasteiger partial charge on any atom is 0.225 e. The summed E-state index contributed by atoms with van der Waals surface area (Å²) < 4.78 is 1.79. The Bertz CT molecular complexity index is 1300. The Kier molecular flexibility index (Phi) is 5.37. The van der Waals surface area contributed by atoms with Crippen LogP contribution >= 0.6 is 0 Å². The minimum absolute atomic E-state index is 0.773. The quantitative estimate of drug-likeness (QED) is 0.488. The van der Waals surface area contributed by atoms with E-state index in [1.165, 1.54) is 12.8 Å². The average Bonchev–Trinajstić information content (AvgIpc) is 3.44. The molecule has 2 saturated heterocycles. The minimum Gasteiger partial charge on any atom is -0.388 e. The Balaban J connectivity index is 1.41. The highest BCUT2D eigenvalue weighted by Crippen LogP contribution is 2.34. The topological polar surface area (TPSA) is 83.8 Å². The molecule has 0 spiro atoms. The maximum absolute atomic E-state index is 5.15. The fraction of sp³-hybridized carbons (Fsp3) is 0.385. The molecule has 2 aliphatic rings. The molecule has 174 valence electrons. The summed E-state index contributed by atoms with van der Waals surface area (Å²) in [6.07, 6.45) is 8.10. The highest BCUT2D eigenvalue weighted by molar-refractivity contribution is 5.86. The molecule has 2 N–H and O–H groups in total. The summed E-state index contributed by atoms with van der Waals surface area (Å²) in [5, 5.41) is 12.1. The van der Waals surface area contributed by atoms with Crippen LogP contribution in [0.1, 0.15) is 12.8 Å². The van der Waals surface area contributed by atoms with Crippen LogP contribution in [0.3, 0.4) is 0 Å². The number of hydrogen-bond acceptors (Lipinski definition) is 7. The number of aryl methyl sites for hydroxylation is 1. The highest BCUT2D eigenvalue weighted by atomic mass is 15.3. The summed E-state index contributed by atoms with van der Waals surface area (Å²) in [6, 6.07) is 10.5. The molecule has 0 radical (unpaired) electrons. The van der Waals surface area contributed by atoms with Gasteiger partial charge < -0.3 is 15.5 Å². The van der Waals surface area contributed by atoms with E-state index in [1.807, 2.05) is 32.7 Å². The number of aromatic nitrogens is 5.